The number of benzene rings is 1. The molecule has 0 saturated heterocycles. The minimum Gasteiger partial charge on any atom is -0.490 e. The summed E-state index contributed by atoms with van der Waals surface area (Å²) in [6, 6.07) is 4.83. The molecule has 0 aliphatic carbocycles. The molecule has 1 aromatic carbocycles. The predicted molar refractivity (Wildman–Crippen MR) is 51.6 cm³/mol. The van der Waals surface area contributed by atoms with Crippen molar-refractivity contribution in [2.75, 3.05) is 13.2 Å². The van der Waals surface area contributed by atoms with Crippen molar-refractivity contribution in [2.45, 2.75) is 6.42 Å². The summed E-state index contributed by atoms with van der Waals surface area (Å²) in [5.74, 6) is -0.0375. The Morgan fingerprint density at radius 2 is 2.36 bits per heavy atom. The van der Waals surface area contributed by atoms with E-state index >= 15 is 0 Å². The average molecular weight is 194 g/mol. The summed E-state index contributed by atoms with van der Waals surface area (Å²) in [6.45, 7) is 0.449. The van der Waals surface area contributed by atoms with Gasteiger partial charge in [-0.1, -0.05) is 18.2 Å². The maximum absolute atomic E-state index is 13.3. The number of fused-ring (bicyclic) bond motifs is 1. The van der Waals surface area contributed by atoms with Crippen LogP contribution >= 0.6 is 0 Å². The van der Waals surface area contributed by atoms with E-state index in [-0.39, 0.29) is 12.4 Å². The monoisotopic (exact) mass is 194 g/mol. The van der Waals surface area contributed by atoms with Crippen LogP contribution in [-0.4, -0.2) is 18.3 Å². The lowest BCUT2D eigenvalue weighted by molar-refractivity contribution is 0.298. The van der Waals surface area contributed by atoms with E-state index in [0.717, 1.165) is 17.6 Å². The molecule has 0 atom stereocenters. The van der Waals surface area contributed by atoms with Gasteiger partial charge in [0.1, 0.15) is 0 Å². The Balaban J connectivity index is 2.50. The van der Waals surface area contributed by atoms with Gasteiger partial charge in [0.15, 0.2) is 11.6 Å². The van der Waals surface area contributed by atoms with Gasteiger partial charge in [-0.05, 0) is 11.6 Å². The molecular weight excluding hydrogens is 183 g/mol. The largest absolute Gasteiger partial charge is 0.490 e. The summed E-state index contributed by atoms with van der Waals surface area (Å²) in [5, 5.41) is 8.80. The second-order valence-corrected chi connectivity index (χ2v) is 3.13. The summed E-state index contributed by atoms with van der Waals surface area (Å²) >= 11 is 0. The fraction of sp³-hybridized carbons (Fsp3) is 0.273. The molecule has 1 aliphatic rings. The van der Waals surface area contributed by atoms with Gasteiger partial charge in [0.2, 0.25) is 0 Å². The first kappa shape index (κ1) is 9.21. The molecule has 14 heavy (non-hydrogen) atoms. The van der Waals surface area contributed by atoms with E-state index < -0.39 is 0 Å². The van der Waals surface area contributed by atoms with Crippen LogP contribution in [0.5, 0.6) is 5.75 Å². The quantitative estimate of drug-likeness (QED) is 0.740. The Labute approximate surface area is 81.6 Å². The molecule has 1 heterocycles. The molecular formula is C11H11FO2. The number of ether oxygens (including phenoxy) is 1. The molecule has 3 heteroatoms. The van der Waals surface area contributed by atoms with Crippen molar-refractivity contribution in [3.8, 4) is 5.75 Å². The van der Waals surface area contributed by atoms with E-state index in [0.29, 0.717) is 12.4 Å². The molecule has 0 amide bonds. The molecule has 0 radical (unpaired) electrons. The van der Waals surface area contributed by atoms with Crippen molar-refractivity contribution in [3.05, 3.63) is 35.7 Å². The molecule has 1 N–H and O–H groups in total. The minimum atomic E-state index is -0.342. The first-order valence-electron chi connectivity index (χ1n) is 4.54. The summed E-state index contributed by atoms with van der Waals surface area (Å²) in [7, 11) is 0. The zero-order valence-electron chi connectivity index (χ0n) is 7.66. The lowest BCUT2D eigenvalue weighted by atomic mass is 9.99. The first-order valence-corrected chi connectivity index (χ1v) is 4.54. The summed E-state index contributed by atoms with van der Waals surface area (Å²) < 4.78 is 18.5. The Kier molecular flexibility index (Phi) is 2.50. The van der Waals surface area contributed by atoms with Gasteiger partial charge < -0.3 is 9.84 Å². The highest BCUT2D eigenvalue weighted by Crippen LogP contribution is 2.34. The van der Waals surface area contributed by atoms with Gasteiger partial charge >= 0.3 is 0 Å². The second kappa shape index (κ2) is 3.80. The van der Waals surface area contributed by atoms with E-state index in [2.05, 4.69) is 0 Å². The number of para-hydroxylation sites is 1. The average Bonchev–Trinajstić information content (AvgIpc) is 2.20. The van der Waals surface area contributed by atoms with Crippen molar-refractivity contribution in [1.82, 2.24) is 0 Å². The lowest BCUT2D eigenvalue weighted by Crippen LogP contribution is -2.09. The van der Waals surface area contributed by atoms with Crippen molar-refractivity contribution >= 4 is 5.57 Å². The Bertz CT molecular complexity index is 372. The van der Waals surface area contributed by atoms with Gasteiger partial charge in [0, 0.05) is 12.0 Å². The number of hydrogen-bond donors (Lipinski definition) is 1. The fourth-order valence-corrected chi connectivity index (χ4v) is 1.63. The van der Waals surface area contributed by atoms with Crippen LogP contribution in [0.2, 0.25) is 0 Å². The van der Waals surface area contributed by atoms with Crippen molar-refractivity contribution in [2.24, 2.45) is 0 Å². The molecule has 0 spiro atoms. The van der Waals surface area contributed by atoms with Crippen LogP contribution in [0, 0.1) is 5.82 Å². The Morgan fingerprint density at radius 3 is 3.14 bits per heavy atom. The van der Waals surface area contributed by atoms with Crippen LogP contribution in [0.25, 0.3) is 5.57 Å². The Hall–Kier alpha value is -1.35. The van der Waals surface area contributed by atoms with Gasteiger partial charge in [0.05, 0.1) is 13.2 Å². The number of rotatable bonds is 1. The van der Waals surface area contributed by atoms with Crippen LogP contribution in [-0.2, 0) is 0 Å². The van der Waals surface area contributed by atoms with E-state index in [4.69, 9.17) is 9.84 Å². The third-order valence-electron chi connectivity index (χ3n) is 2.27. The number of halogens is 1. The highest BCUT2D eigenvalue weighted by molar-refractivity contribution is 5.72. The molecule has 2 rings (SSSR count). The third-order valence-corrected chi connectivity index (χ3v) is 2.27. The van der Waals surface area contributed by atoms with Crippen molar-refractivity contribution < 1.29 is 14.2 Å². The predicted octanol–water partition coefficient (Wildman–Crippen LogP) is 1.98. The Morgan fingerprint density at radius 1 is 1.50 bits per heavy atom. The van der Waals surface area contributed by atoms with E-state index in [1.165, 1.54) is 6.07 Å². The van der Waals surface area contributed by atoms with E-state index in [1.807, 2.05) is 0 Å². The number of aliphatic hydroxyl groups excluding tert-OH is 1. The smallest absolute Gasteiger partial charge is 0.165 e. The third kappa shape index (κ3) is 1.51. The molecule has 74 valence electrons. The van der Waals surface area contributed by atoms with Crippen LogP contribution < -0.4 is 4.74 Å². The highest BCUT2D eigenvalue weighted by atomic mass is 19.1. The summed E-state index contributed by atoms with van der Waals surface area (Å²) in [4.78, 5) is 0. The van der Waals surface area contributed by atoms with Crippen molar-refractivity contribution in [1.29, 1.82) is 0 Å². The minimum absolute atomic E-state index is 0.0225. The molecule has 0 aromatic heterocycles. The maximum atomic E-state index is 13.3. The zero-order chi connectivity index (χ0) is 9.97. The molecule has 1 aromatic rings. The molecule has 2 nitrogen and oxygen atoms in total. The molecule has 0 fully saturated rings. The fourth-order valence-electron chi connectivity index (χ4n) is 1.63. The van der Waals surface area contributed by atoms with Crippen LogP contribution in [0.3, 0.4) is 0 Å². The summed E-state index contributed by atoms with van der Waals surface area (Å²) in [5.41, 5.74) is 1.71. The van der Waals surface area contributed by atoms with Gasteiger partial charge in [-0.25, -0.2) is 4.39 Å². The first-order chi connectivity index (χ1) is 6.83. The highest BCUT2D eigenvalue weighted by Gasteiger charge is 2.17. The van der Waals surface area contributed by atoms with Gasteiger partial charge in [-0.2, -0.15) is 0 Å². The molecule has 0 saturated carbocycles. The van der Waals surface area contributed by atoms with Crippen LogP contribution in [0.4, 0.5) is 4.39 Å². The normalized spacial score (nSPS) is 17.7. The van der Waals surface area contributed by atoms with E-state index in [1.54, 1.807) is 18.2 Å². The zero-order valence-corrected chi connectivity index (χ0v) is 7.66. The van der Waals surface area contributed by atoms with Crippen molar-refractivity contribution in [3.63, 3.8) is 0 Å². The van der Waals surface area contributed by atoms with Gasteiger partial charge in [-0.3, -0.25) is 0 Å². The number of hydrogen-bond acceptors (Lipinski definition) is 2. The summed E-state index contributed by atoms with van der Waals surface area (Å²) in [6.07, 6.45) is 2.41. The SMILES string of the molecule is OCC=C1CCOc2c(F)cccc21. The molecule has 0 unspecified atom stereocenters. The topological polar surface area (TPSA) is 29.5 Å². The second-order valence-electron chi connectivity index (χ2n) is 3.13. The maximum Gasteiger partial charge on any atom is 0.165 e. The van der Waals surface area contributed by atoms with Gasteiger partial charge in [-0.15, -0.1) is 0 Å². The van der Waals surface area contributed by atoms with Gasteiger partial charge in [0.25, 0.3) is 0 Å². The standard InChI is InChI=1S/C11H11FO2/c12-10-3-1-2-9-8(4-6-13)5-7-14-11(9)10/h1-4,13H,5-7H2. The number of aliphatic hydroxyl groups is 1. The van der Waals surface area contributed by atoms with Crippen LogP contribution in [0.15, 0.2) is 24.3 Å². The molecule has 1 aliphatic heterocycles. The van der Waals surface area contributed by atoms with E-state index in [9.17, 15) is 4.39 Å². The molecule has 0 bridgehead atoms. The van der Waals surface area contributed by atoms with Crippen LogP contribution in [0.1, 0.15) is 12.0 Å². The lowest BCUT2D eigenvalue weighted by Gasteiger charge is -2.20.